The second kappa shape index (κ2) is 3.64. The normalized spacial score (nSPS) is 8.91. The maximum Gasteiger partial charge on any atom is 0.240 e. The lowest BCUT2D eigenvalue weighted by molar-refractivity contribution is 0.565. The smallest absolute Gasteiger partial charge is 0.211 e. The van der Waals surface area contributed by atoms with E-state index in [-0.39, 0.29) is 0 Å². The van der Waals surface area contributed by atoms with E-state index in [1.54, 1.807) is 6.07 Å². The Bertz CT molecular complexity index is 316. The van der Waals surface area contributed by atoms with Crippen LogP contribution in [-0.2, 0) is 4.79 Å². The van der Waals surface area contributed by atoms with Crippen LogP contribution in [0.1, 0.15) is 5.56 Å². The Hall–Kier alpha value is -0.670. The van der Waals surface area contributed by atoms with Crippen LogP contribution in [0.25, 0.3) is 0 Å². The van der Waals surface area contributed by atoms with Crippen molar-refractivity contribution >= 4 is 34.4 Å². The standard InChI is InChI=1S/C8H6INO/c1-6-3-2-4-7(8(6)9)10-5-11/h2-4H,1H3. The molecule has 0 fully saturated rings. The predicted octanol–water partition coefficient (Wildman–Crippen LogP) is 2.57. The van der Waals surface area contributed by atoms with Gasteiger partial charge in [-0.05, 0) is 41.1 Å². The number of isocyanates is 1. The van der Waals surface area contributed by atoms with E-state index in [0.717, 1.165) is 9.13 Å². The van der Waals surface area contributed by atoms with Gasteiger partial charge in [-0.3, -0.25) is 0 Å². The van der Waals surface area contributed by atoms with E-state index in [9.17, 15) is 4.79 Å². The largest absolute Gasteiger partial charge is 0.240 e. The minimum atomic E-state index is 0.695. The molecule has 0 heterocycles. The third-order valence-corrected chi connectivity index (χ3v) is 2.74. The fourth-order valence-electron chi connectivity index (χ4n) is 0.767. The van der Waals surface area contributed by atoms with Gasteiger partial charge in [0.15, 0.2) is 0 Å². The number of hydrogen-bond donors (Lipinski definition) is 0. The summed E-state index contributed by atoms with van der Waals surface area (Å²) in [5, 5.41) is 0. The highest BCUT2D eigenvalue weighted by Crippen LogP contribution is 2.23. The van der Waals surface area contributed by atoms with Crippen LogP contribution in [0.4, 0.5) is 5.69 Å². The number of rotatable bonds is 1. The van der Waals surface area contributed by atoms with Gasteiger partial charge in [-0.1, -0.05) is 12.1 Å². The van der Waals surface area contributed by atoms with Crippen LogP contribution in [0.15, 0.2) is 23.2 Å². The zero-order valence-electron chi connectivity index (χ0n) is 5.97. The highest BCUT2D eigenvalue weighted by molar-refractivity contribution is 14.1. The molecule has 1 rings (SSSR count). The number of halogens is 1. The topological polar surface area (TPSA) is 29.4 Å². The van der Waals surface area contributed by atoms with Gasteiger partial charge in [0.05, 0.1) is 5.69 Å². The highest BCUT2D eigenvalue weighted by Gasteiger charge is 1.98. The summed E-state index contributed by atoms with van der Waals surface area (Å²) in [6.07, 6.45) is 1.52. The van der Waals surface area contributed by atoms with Gasteiger partial charge in [-0.2, -0.15) is 4.99 Å². The van der Waals surface area contributed by atoms with Crippen molar-refractivity contribution < 1.29 is 4.79 Å². The summed E-state index contributed by atoms with van der Waals surface area (Å²) in [5.74, 6) is 0. The van der Waals surface area contributed by atoms with Gasteiger partial charge in [0.2, 0.25) is 6.08 Å². The van der Waals surface area contributed by atoms with Gasteiger partial charge in [0, 0.05) is 3.57 Å². The molecule has 56 valence electrons. The Morgan fingerprint density at radius 3 is 2.91 bits per heavy atom. The first-order valence-electron chi connectivity index (χ1n) is 3.08. The molecule has 3 heteroatoms. The Balaban J connectivity index is 3.26. The first-order chi connectivity index (χ1) is 5.25. The van der Waals surface area contributed by atoms with Crippen molar-refractivity contribution in [3.63, 3.8) is 0 Å². The second-order valence-corrected chi connectivity index (χ2v) is 3.19. The lowest BCUT2D eigenvalue weighted by Crippen LogP contribution is -1.78. The fraction of sp³-hybridized carbons (Fsp3) is 0.125. The summed E-state index contributed by atoms with van der Waals surface area (Å²) >= 11 is 2.16. The average molecular weight is 259 g/mol. The van der Waals surface area contributed by atoms with Crippen molar-refractivity contribution in [3.05, 3.63) is 27.3 Å². The monoisotopic (exact) mass is 259 g/mol. The molecule has 0 N–H and O–H groups in total. The molecule has 2 nitrogen and oxygen atoms in total. The SMILES string of the molecule is Cc1cccc(N=C=O)c1I. The summed E-state index contributed by atoms with van der Waals surface area (Å²) < 4.78 is 1.01. The molecule has 0 atom stereocenters. The van der Waals surface area contributed by atoms with Crippen LogP contribution in [0.5, 0.6) is 0 Å². The summed E-state index contributed by atoms with van der Waals surface area (Å²) in [6.45, 7) is 1.98. The maximum atomic E-state index is 9.94. The van der Waals surface area contributed by atoms with Gasteiger partial charge in [0.25, 0.3) is 0 Å². The number of hydrogen-bond acceptors (Lipinski definition) is 2. The summed E-state index contributed by atoms with van der Waals surface area (Å²) in [6, 6.07) is 5.64. The number of nitrogens with zero attached hydrogens (tertiary/aromatic N) is 1. The number of carbonyl (C=O) groups excluding carboxylic acids is 1. The van der Waals surface area contributed by atoms with Crippen molar-refractivity contribution in [3.8, 4) is 0 Å². The molecule has 0 saturated heterocycles. The van der Waals surface area contributed by atoms with Gasteiger partial charge in [-0.25, -0.2) is 4.79 Å². The molecule has 0 amide bonds. The summed E-state index contributed by atoms with van der Waals surface area (Å²) in [7, 11) is 0. The highest BCUT2D eigenvalue weighted by atomic mass is 127. The lowest BCUT2D eigenvalue weighted by atomic mass is 10.2. The van der Waals surface area contributed by atoms with Crippen LogP contribution < -0.4 is 0 Å². The minimum absolute atomic E-state index is 0.695. The molecular formula is C8H6INO. The molecule has 1 aromatic rings. The first kappa shape index (κ1) is 8.43. The van der Waals surface area contributed by atoms with Crippen molar-refractivity contribution in [2.75, 3.05) is 0 Å². The molecule has 0 spiro atoms. The predicted molar refractivity (Wildman–Crippen MR) is 51.7 cm³/mol. The first-order valence-corrected chi connectivity index (χ1v) is 4.16. The van der Waals surface area contributed by atoms with E-state index in [0.29, 0.717) is 5.69 Å². The molecule has 0 bridgehead atoms. The van der Waals surface area contributed by atoms with E-state index in [1.807, 2.05) is 19.1 Å². The fourth-order valence-corrected chi connectivity index (χ4v) is 1.25. The number of benzene rings is 1. The molecule has 0 radical (unpaired) electrons. The third kappa shape index (κ3) is 1.88. The van der Waals surface area contributed by atoms with E-state index < -0.39 is 0 Å². The Labute approximate surface area is 78.5 Å². The van der Waals surface area contributed by atoms with E-state index in [4.69, 9.17) is 0 Å². The van der Waals surface area contributed by atoms with Gasteiger partial charge >= 0.3 is 0 Å². The van der Waals surface area contributed by atoms with Crippen molar-refractivity contribution in [1.29, 1.82) is 0 Å². The van der Waals surface area contributed by atoms with E-state index in [1.165, 1.54) is 6.08 Å². The molecular weight excluding hydrogens is 253 g/mol. The Morgan fingerprint density at radius 1 is 1.55 bits per heavy atom. The molecule has 11 heavy (non-hydrogen) atoms. The summed E-state index contributed by atoms with van der Waals surface area (Å²) in [4.78, 5) is 13.5. The quantitative estimate of drug-likeness (QED) is 0.433. The van der Waals surface area contributed by atoms with Gasteiger partial charge < -0.3 is 0 Å². The van der Waals surface area contributed by atoms with Gasteiger partial charge in [0.1, 0.15) is 0 Å². The zero-order valence-corrected chi connectivity index (χ0v) is 8.12. The Morgan fingerprint density at radius 2 is 2.27 bits per heavy atom. The molecule has 0 unspecified atom stereocenters. The van der Waals surface area contributed by atoms with Crippen LogP contribution in [0, 0.1) is 10.5 Å². The number of aryl methyl sites for hydroxylation is 1. The third-order valence-electron chi connectivity index (χ3n) is 1.34. The molecule has 0 aliphatic carbocycles. The van der Waals surface area contributed by atoms with E-state index in [2.05, 4.69) is 27.6 Å². The molecule has 0 aromatic heterocycles. The van der Waals surface area contributed by atoms with Crippen molar-refractivity contribution in [2.45, 2.75) is 6.92 Å². The van der Waals surface area contributed by atoms with Crippen molar-refractivity contribution in [1.82, 2.24) is 0 Å². The maximum absolute atomic E-state index is 9.94. The zero-order chi connectivity index (χ0) is 8.27. The number of aliphatic imine (C=N–C) groups is 1. The van der Waals surface area contributed by atoms with Crippen LogP contribution >= 0.6 is 22.6 Å². The average Bonchev–Trinajstić information content (AvgIpc) is 1.99. The molecule has 0 aliphatic rings. The van der Waals surface area contributed by atoms with Crippen molar-refractivity contribution in [2.24, 2.45) is 4.99 Å². The second-order valence-electron chi connectivity index (χ2n) is 2.11. The van der Waals surface area contributed by atoms with E-state index >= 15 is 0 Å². The van der Waals surface area contributed by atoms with Crippen LogP contribution in [0.2, 0.25) is 0 Å². The lowest BCUT2D eigenvalue weighted by Gasteiger charge is -1.98. The van der Waals surface area contributed by atoms with Crippen LogP contribution in [0.3, 0.4) is 0 Å². The molecule has 0 saturated carbocycles. The molecule has 1 aromatic carbocycles. The molecule has 0 aliphatic heterocycles. The summed E-state index contributed by atoms with van der Waals surface area (Å²) in [5.41, 5.74) is 1.82. The minimum Gasteiger partial charge on any atom is -0.211 e. The Kier molecular flexibility index (Phi) is 2.79. The van der Waals surface area contributed by atoms with Gasteiger partial charge in [-0.15, -0.1) is 0 Å². The van der Waals surface area contributed by atoms with Crippen LogP contribution in [-0.4, -0.2) is 6.08 Å².